The highest BCUT2D eigenvalue weighted by atomic mass is 19.1. The van der Waals surface area contributed by atoms with Crippen LogP contribution in [-0.2, 0) is 7.05 Å². The van der Waals surface area contributed by atoms with E-state index in [1.807, 2.05) is 36.3 Å². The molecular weight excluding hydrogens is 397 g/mol. The fourth-order valence-corrected chi connectivity index (χ4v) is 4.09. The highest BCUT2D eigenvalue weighted by molar-refractivity contribution is 5.92. The first kappa shape index (κ1) is 19.4. The average Bonchev–Trinajstić information content (AvgIpc) is 3.39. The van der Waals surface area contributed by atoms with E-state index in [9.17, 15) is 9.18 Å². The van der Waals surface area contributed by atoms with Crippen molar-refractivity contribution >= 4 is 11.4 Å². The third-order valence-corrected chi connectivity index (χ3v) is 5.89. The van der Waals surface area contributed by atoms with Gasteiger partial charge in [0.2, 0.25) is 0 Å². The summed E-state index contributed by atoms with van der Waals surface area (Å²) in [6, 6.07) is 12.0. The van der Waals surface area contributed by atoms with Crippen LogP contribution >= 0.6 is 0 Å². The van der Waals surface area contributed by atoms with Crippen molar-refractivity contribution < 1.29 is 9.18 Å². The molecule has 1 saturated heterocycles. The molecule has 4 heterocycles. The molecule has 5 rings (SSSR count). The summed E-state index contributed by atoms with van der Waals surface area (Å²) in [6.45, 7) is 1.88. The Kier molecular flexibility index (Phi) is 4.74. The third kappa shape index (κ3) is 3.46. The third-order valence-electron chi connectivity index (χ3n) is 5.89. The topological polar surface area (TPSA) is 71.6 Å². The van der Waals surface area contributed by atoms with Crippen molar-refractivity contribution in [3.05, 3.63) is 72.1 Å². The minimum Gasteiger partial charge on any atom is -0.334 e. The van der Waals surface area contributed by atoms with Gasteiger partial charge in [-0.3, -0.25) is 14.4 Å². The zero-order valence-electron chi connectivity index (χ0n) is 17.3. The Morgan fingerprint density at radius 3 is 2.74 bits per heavy atom. The molecule has 0 radical (unpaired) electrons. The lowest BCUT2D eigenvalue weighted by atomic mass is 10.1. The molecule has 1 aromatic carbocycles. The summed E-state index contributed by atoms with van der Waals surface area (Å²) < 4.78 is 16.9. The molecule has 1 aliphatic rings. The number of piperazine rings is 1. The molecule has 0 N–H and O–H groups in total. The summed E-state index contributed by atoms with van der Waals surface area (Å²) in [5.41, 5.74) is 3.88. The van der Waals surface area contributed by atoms with Gasteiger partial charge in [0.15, 0.2) is 0 Å². The van der Waals surface area contributed by atoms with Crippen LogP contribution in [0.4, 0.5) is 4.39 Å². The Hall–Kier alpha value is -3.59. The number of aromatic nitrogens is 5. The molecule has 0 saturated carbocycles. The van der Waals surface area contributed by atoms with Gasteiger partial charge in [0.1, 0.15) is 17.2 Å². The Balaban J connectivity index is 1.45. The van der Waals surface area contributed by atoms with Crippen LogP contribution in [0.25, 0.3) is 16.6 Å². The fourth-order valence-electron chi connectivity index (χ4n) is 4.09. The Bertz CT molecular complexity index is 1260. The second-order valence-electron chi connectivity index (χ2n) is 7.82. The van der Waals surface area contributed by atoms with Gasteiger partial charge in [0, 0.05) is 44.6 Å². The summed E-state index contributed by atoms with van der Waals surface area (Å²) >= 11 is 0. The van der Waals surface area contributed by atoms with E-state index in [-0.39, 0.29) is 17.8 Å². The van der Waals surface area contributed by atoms with Crippen molar-refractivity contribution in [2.75, 3.05) is 26.7 Å². The number of pyridine rings is 1. The van der Waals surface area contributed by atoms with Gasteiger partial charge in [-0.25, -0.2) is 8.91 Å². The number of aryl methyl sites for hydroxylation is 1. The standard InChI is InChI=1S/C22H22FN7O/c1-27-10-11-29(22(31)19-8-9-24-28(19)2)14-20(27)21-18-7-6-16(13-30(18)26-25-21)15-4-3-5-17(23)12-15/h3-9,12-13,20H,10-11,14H2,1-2H3/t20-/m1/s1. The molecule has 0 bridgehead atoms. The average molecular weight is 419 g/mol. The van der Waals surface area contributed by atoms with Crippen molar-refractivity contribution in [2.45, 2.75) is 6.04 Å². The van der Waals surface area contributed by atoms with Crippen LogP contribution in [0.2, 0.25) is 0 Å². The molecule has 0 aliphatic carbocycles. The van der Waals surface area contributed by atoms with Gasteiger partial charge in [0.25, 0.3) is 5.91 Å². The number of carbonyl (C=O) groups excluding carboxylic acids is 1. The summed E-state index contributed by atoms with van der Waals surface area (Å²) in [5, 5.41) is 12.8. The van der Waals surface area contributed by atoms with E-state index in [0.29, 0.717) is 18.8 Å². The highest BCUT2D eigenvalue weighted by Gasteiger charge is 2.32. The fraction of sp³-hybridized carbons (Fsp3) is 0.273. The maximum Gasteiger partial charge on any atom is 0.272 e. The van der Waals surface area contributed by atoms with Gasteiger partial charge in [-0.15, -0.1) is 5.10 Å². The SMILES string of the molecule is CN1CCN(C(=O)c2ccnn2C)C[C@@H]1c1nnn2cc(-c3cccc(F)c3)ccc12. The molecular formula is C22H22FN7O. The molecule has 1 aliphatic heterocycles. The number of hydrogen-bond donors (Lipinski definition) is 0. The summed E-state index contributed by atoms with van der Waals surface area (Å²) in [7, 11) is 3.80. The number of fused-ring (bicyclic) bond motifs is 1. The zero-order chi connectivity index (χ0) is 21.5. The van der Waals surface area contributed by atoms with E-state index in [4.69, 9.17) is 0 Å². The van der Waals surface area contributed by atoms with Gasteiger partial charge < -0.3 is 4.90 Å². The minimum atomic E-state index is -0.279. The van der Waals surface area contributed by atoms with Crippen LogP contribution in [0.1, 0.15) is 22.2 Å². The maximum atomic E-state index is 13.6. The molecule has 158 valence electrons. The summed E-state index contributed by atoms with van der Waals surface area (Å²) in [6.07, 6.45) is 3.48. The number of hydrogen-bond acceptors (Lipinski definition) is 5. The van der Waals surface area contributed by atoms with Crippen molar-refractivity contribution in [1.29, 1.82) is 0 Å². The van der Waals surface area contributed by atoms with Crippen molar-refractivity contribution in [3.63, 3.8) is 0 Å². The quantitative estimate of drug-likeness (QED) is 0.510. The predicted molar refractivity (Wildman–Crippen MR) is 113 cm³/mol. The Morgan fingerprint density at radius 1 is 1.10 bits per heavy atom. The van der Waals surface area contributed by atoms with Crippen LogP contribution in [0.3, 0.4) is 0 Å². The molecule has 1 fully saturated rings. The number of nitrogens with zero attached hydrogens (tertiary/aromatic N) is 7. The van der Waals surface area contributed by atoms with Gasteiger partial charge >= 0.3 is 0 Å². The second kappa shape index (κ2) is 7.59. The van der Waals surface area contributed by atoms with Crippen LogP contribution in [-0.4, -0.2) is 67.0 Å². The van der Waals surface area contributed by atoms with Gasteiger partial charge in [-0.05, 0) is 36.9 Å². The monoisotopic (exact) mass is 419 g/mol. The van der Waals surface area contributed by atoms with E-state index in [1.165, 1.54) is 12.1 Å². The number of carbonyl (C=O) groups is 1. The number of rotatable bonds is 3. The van der Waals surface area contributed by atoms with Crippen molar-refractivity contribution in [3.8, 4) is 11.1 Å². The highest BCUT2D eigenvalue weighted by Crippen LogP contribution is 2.28. The molecule has 0 spiro atoms. The number of likely N-dealkylation sites (N-methyl/N-ethyl adjacent to an activating group) is 1. The lowest BCUT2D eigenvalue weighted by Crippen LogP contribution is -2.49. The number of benzene rings is 1. The molecule has 4 aromatic rings. The minimum absolute atomic E-state index is 0.0389. The molecule has 1 atom stereocenters. The summed E-state index contributed by atoms with van der Waals surface area (Å²) in [5.74, 6) is -0.318. The second-order valence-corrected chi connectivity index (χ2v) is 7.82. The van der Waals surface area contributed by atoms with Crippen molar-refractivity contribution in [1.82, 2.24) is 34.4 Å². The summed E-state index contributed by atoms with van der Waals surface area (Å²) in [4.78, 5) is 17.0. The predicted octanol–water partition coefficient (Wildman–Crippen LogP) is 2.40. The van der Waals surface area contributed by atoms with E-state index in [1.54, 1.807) is 34.6 Å². The van der Waals surface area contributed by atoms with Crippen LogP contribution in [0, 0.1) is 5.82 Å². The van der Waals surface area contributed by atoms with Crippen LogP contribution in [0.15, 0.2) is 54.9 Å². The molecule has 31 heavy (non-hydrogen) atoms. The normalized spacial score (nSPS) is 17.4. The van der Waals surface area contributed by atoms with E-state index >= 15 is 0 Å². The molecule has 9 heteroatoms. The lowest BCUT2D eigenvalue weighted by Gasteiger charge is -2.38. The molecule has 1 amide bonds. The van der Waals surface area contributed by atoms with Gasteiger partial charge in [-0.2, -0.15) is 5.10 Å². The van der Waals surface area contributed by atoms with Crippen LogP contribution in [0.5, 0.6) is 0 Å². The number of amides is 1. The first-order valence-corrected chi connectivity index (χ1v) is 10.1. The van der Waals surface area contributed by atoms with Gasteiger partial charge in [0.05, 0.1) is 11.6 Å². The molecule has 0 unspecified atom stereocenters. The van der Waals surface area contributed by atoms with Crippen LogP contribution < -0.4 is 0 Å². The zero-order valence-corrected chi connectivity index (χ0v) is 17.3. The Morgan fingerprint density at radius 2 is 1.97 bits per heavy atom. The number of halogens is 1. The Labute approximate surface area is 178 Å². The molecule has 3 aromatic heterocycles. The molecule has 8 nitrogen and oxygen atoms in total. The largest absolute Gasteiger partial charge is 0.334 e. The smallest absolute Gasteiger partial charge is 0.272 e. The maximum absolute atomic E-state index is 13.6. The van der Waals surface area contributed by atoms with E-state index < -0.39 is 0 Å². The van der Waals surface area contributed by atoms with E-state index in [0.717, 1.165) is 28.9 Å². The van der Waals surface area contributed by atoms with Crippen molar-refractivity contribution in [2.24, 2.45) is 7.05 Å². The first-order chi connectivity index (χ1) is 15.0. The van der Waals surface area contributed by atoms with E-state index in [2.05, 4.69) is 20.3 Å². The van der Waals surface area contributed by atoms with Gasteiger partial charge in [-0.1, -0.05) is 23.4 Å². The lowest BCUT2D eigenvalue weighted by molar-refractivity contribution is 0.0531. The first-order valence-electron chi connectivity index (χ1n) is 10.1.